The van der Waals surface area contributed by atoms with Crippen LogP contribution in [0.2, 0.25) is 0 Å². The molecular weight excluding hydrogens is 266 g/mol. The zero-order chi connectivity index (χ0) is 15.6. The number of nitrogens with zero attached hydrogens (tertiary/aromatic N) is 3. The van der Waals surface area contributed by atoms with Crippen molar-refractivity contribution in [3.05, 3.63) is 41.1 Å². The average molecular weight is 287 g/mol. The summed E-state index contributed by atoms with van der Waals surface area (Å²) in [5, 5.41) is 12.1. The molecule has 0 saturated heterocycles. The second-order valence-corrected chi connectivity index (χ2v) is 5.03. The third-order valence-corrected chi connectivity index (χ3v) is 3.38. The number of aryl methyl sites for hydroxylation is 2. The lowest BCUT2D eigenvalue weighted by molar-refractivity contribution is 0.414. The Morgan fingerprint density at radius 2 is 2.19 bits per heavy atom. The molecule has 6 heteroatoms. The van der Waals surface area contributed by atoms with Gasteiger partial charge in [-0.15, -0.1) is 0 Å². The summed E-state index contributed by atoms with van der Waals surface area (Å²) in [5.41, 5.74) is 8.25. The highest BCUT2D eigenvalue weighted by Crippen LogP contribution is 2.24. The molecule has 0 bridgehead atoms. The number of rotatable bonds is 5. The number of amidine groups is 1. The van der Waals surface area contributed by atoms with Crippen molar-refractivity contribution in [3.63, 3.8) is 0 Å². The lowest BCUT2D eigenvalue weighted by atomic mass is 10.1. The maximum atomic E-state index is 7.75. The van der Waals surface area contributed by atoms with Crippen molar-refractivity contribution in [2.24, 2.45) is 12.8 Å². The molecule has 0 amide bonds. The van der Waals surface area contributed by atoms with E-state index in [1.165, 1.54) is 0 Å². The first-order chi connectivity index (χ1) is 9.93. The second-order valence-electron chi connectivity index (χ2n) is 5.03. The molecule has 0 fully saturated rings. The van der Waals surface area contributed by atoms with Crippen LogP contribution in [0.1, 0.15) is 16.8 Å². The first-order valence-corrected chi connectivity index (χ1v) is 6.66. The van der Waals surface area contributed by atoms with Crippen LogP contribution >= 0.6 is 0 Å². The number of methoxy groups -OCH3 is 1. The zero-order valence-electron chi connectivity index (χ0n) is 12.8. The van der Waals surface area contributed by atoms with Crippen molar-refractivity contribution in [2.75, 3.05) is 19.1 Å². The van der Waals surface area contributed by atoms with E-state index in [1.54, 1.807) is 11.8 Å². The Morgan fingerprint density at radius 1 is 1.48 bits per heavy atom. The molecule has 6 nitrogen and oxygen atoms in total. The minimum Gasteiger partial charge on any atom is -0.497 e. The standard InChI is InChI=1S/C15H21N5O/c1-10-13(14(16)17)15(20(3)18-10)19(2)9-11-6-5-7-12(8-11)21-4/h5-8H,9H2,1-4H3,(H3,16,17). The molecule has 2 aromatic rings. The number of nitrogens with two attached hydrogens (primary N) is 1. The van der Waals surface area contributed by atoms with E-state index in [9.17, 15) is 0 Å². The molecule has 112 valence electrons. The average Bonchev–Trinajstić information content (AvgIpc) is 2.73. The van der Waals surface area contributed by atoms with Crippen molar-refractivity contribution < 1.29 is 4.74 Å². The molecule has 3 N–H and O–H groups in total. The van der Waals surface area contributed by atoms with Crippen LogP contribution in [0.3, 0.4) is 0 Å². The Bertz CT molecular complexity index is 662. The molecule has 0 aliphatic heterocycles. The molecular formula is C15H21N5O. The van der Waals surface area contributed by atoms with Gasteiger partial charge in [0.25, 0.3) is 0 Å². The fraction of sp³-hybridized carbons (Fsp3) is 0.333. The third kappa shape index (κ3) is 2.99. The molecule has 0 atom stereocenters. The van der Waals surface area contributed by atoms with Crippen LogP contribution in [0.25, 0.3) is 0 Å². The van der Waals surface area contributed by atoms with Crippen molar-refractivity contribution in [3.8, 4) is 5.75 Å². The zero-order valence-corrected chi connectivity index (χ0v) is 12.8. The SMILES string of the molecule is COc1cccc(CN(C)c2c(C(=N)N)c(C)nn2C)c1. The monoisotopic (exact) mass is 287 g/mol. The van der Waals surface area contributed by atoms with Crippen LogP contribution in [0.4, 0.5) is 5.82 Å². The number of anilines is 1. The molecule has 0 aliphatic carbocycles. The quantitative estimate of drug-likeness (QED) is 0.647. The lowest BCUT2D eigenvalue weighted by Gasteiger charge is -2.21. The van der Waals surface area contributed by atoms with E-state index in [2.05, 4.69) is 5.10 Å². The molecule has 0 radical (unpaired) electrons. The van der Waals surface area contributed by atoms with E-state index in [0.717, 1.165) is 22.8 Å². The Kier molecular flexibility index (Phi) is 4.16. The van der Waals surface area contributed by atoms with Gasteiger partial charge in [0.05, 0.1) is 18.4 Å². The molecule has 1 aromatic carbocycles. The number of nitrogens with one attached hydrogen (secondary N) is 1. The predicted octanol–water partition coefficient (Wildman–Crippen LogP) is 1.66. The first-order valence-electron chi connectivity index (χ1n) is 6.66. The van der Waals surface area contributed by atoms with Crippen LogP contribution < -0.4 is 15.4 Å². The minimum atomic E-state index is 0.0353. The Morgan fingerprint density at radius 3 is 2.81 bits per heavy atom. The summed E-state index contributed by atoms with van der Waals surface area (Å²) < 4.78 is 7.00. The van der Waals surface area contributed by atoms with Crippen LogP contribution in [0.15, 0.2) is 24.3 Å². The fourth-order valence-electron chi connectivity index (χ4n) is 2.52. The minimum absolute atomic E-state index is 0.0353. The smallest absolute Gasteiger partial charge is 0.137 e. The number of benzene rings is 1. The Labute approximate surface area is 124 Å². The van der Waals surface area contributed by atoms with Crippen molar-refractivity contribution >= 4 is 11.7 Å². The maximum Gasteiger partial charge on any atom is 0.137 e. The summed E-state index contributed by atoms with van der Waals surface area (Å²) in [5.74, 6) is 1.70. The van der Waals surface area contributed by atoms with Gasteiger partial charge >= 0.3 is 0 Å². The van der Waals surface area contributed by atoms with E-state index in [-0.39, 0.29) is 5.84 Å². The van der Waals surface area contributed by atoms with Gasteiger partial charge in [-0.05, 0) is 24.6 Å². The number of ether oxygens (including phenoxy) is 1. The normalized spacial score (nSPS) is 10.5. The van der Waals surface area contributed by atoms with Gasteiger partial charge in [-0.3, -0.25) is 10.1 Å². The maximum absolute atomic E-state index is 7.75. The molecule has 0 spiro atoms. The van der Waals surface area contributed by atoms with Crippen LogP contribution in [0, 0.1) is 12.3 Å². The molecule has 0 aliphatic rings. The number of nitrogen functional groups attached to an aromatic ring is 1. The lowest BCUT2D eigenvalue weighted by Crippen LogP contribution is -2.23. The first kappa shape index (κ1) is 14.9. The summed E-state index contributed by atoms with van der Waals surface area (Å²) in [6.45, 7) is 2.54. The number of hydrogen-bond donors (Lipinski definition) is 2. The Hall–Kier alpha value is -2.50. The van der Waals surface area contributed by atoms with Gasteiger partial charge in [0.1, 0.15) is 17.4 Å². The van der Waals surface area contributed by atoms with Gasteiger partial charge in [0.2, 0.25) is 0 Å². The third-order valence-electron chi connectivity index (χ3n) is 3.38. The largest absolute Gasteiger partial charge is 0.497 e. The predicted molar refractivity (Wildman–Crippen MR) is 84.1 cm³/mol. The number of aromatic nitrogens is 2. The van der Waals surface area contributed by atoms with Gasteiger partial charge in [-0.2, -0.15) is 5.10 Å². The number of hydrogen-bond acceptors (Lipinski definition) is 4. The van der Waals surface area contributed by atoms with Gasteiger partial charge in [-0.1, -0.05) is 12.1 Å². The van der Waals surface area contributed by atoms with E-state index in [0.29, 0.717) is 12.1 Å². The molecule has 21 heavy (non-hydrogen) atoms. The van der Waals surface area contributed by atoms with Crippen molar-refractivity contribution in [1.29, 1.82) is 5.41 Å². The van der Waals surface area contributed by atoms with Gasteiger partial charge in [0.15, 0.2) is 0 Å². The molecule has 1 heterocycles. The van der Waals surface area contributed by atoms with Gasteiger partial charge in [-0.25, -0.2) is 0 Å². The van der Waals surface area contributed by atoms with E-state index in [1.807, 2.05) is 50.2 Å². The summed E-state index contributed by atoms with van der Waals surface area (Å²) in [6, 6.07) is 7.91. The molecule has 2 rings (SSSR count). The van der Waals surface area contributed by atoms with E-state index in [4.69, 9.17) is 15.9 Å². The van der Waals surface area contributed by atoms with Crippen LogP contribution in [-0.4, -0.2) is 29.8 Å². The van der Waals surface area contributed by atoms with E-state index >= 15 is 0 Å². The highest BCUT2D eigenvalue weighted by molar-refractivity contribution is 6.00. The molecule has 1 aromatic heterocycles. The molecule has 0 unspecified atom stereocenters. The summed E-state index contributed by atoms with van der Waals surface area (Å²) in [6.07, 6.45) is 0. The van der Waals surface area contributed by atoms with Crippen molar-refractivity contribution in [1.82, 2.24) is 9.78 Å². The highest BCUT2D eigenvalue weighted by Gasteiger charge is 2.19. The summed E-state index contributed by atoms with van der Waals surface area (Å²) in [7, 11) is 5.47. The summed E-state index contributed by atoms with van der Waals surface area (Å²) >= 11 is 0. The Balaban J connectivity index is 2.32. The summed E-state index contributed by atoms with van der Waals surface area (Å²) in [4.78, 5) is 2.03. The topological polar surface area (TPSA) is 80.2 Å². The van der Waals surface area contributed by atoms with E-state index < -0.39 is 0 Å². The van der Waals surface area contributed by atoms with Crippen LogP contribution in [-0.2, 0) is 13.6 Å². The van der Waals surface area contributed by atoms with Gasteiger partial charge < -0.3 is 15.4 Å². The van der Waals surface area contributed by atoms with Gasteiger partial charge in [0, 0.05) is 20.6 Å². The second kappa shape index (κ2) is 5.87. The highest BCUT2D eigenvalue weighted by atomic mass is 16.5. The fourth-order valence-corrected chi connectivity index (χ4v) is 2.52. The van der Waals surface area contributed by atoms with Crippen molar-refractivity contribution in [2.45, 2.75) is 13.5 Å². The molecule has 0 saturated carbocycles. The van der Waals surface area contributed by atoms with Crippen LogP contribution in [0.5, 0.6) is 5.75 Å².